The predicted octanol–water partition coefficient (Wildman–Crippen LogP) is 3.06. The van der Waals surface area contributed by atoms with E-state index in [4.69, 9.17) is 11.6 Å². The summed E-state index contributed by atoms with van der Waals surface area (Å²) in [7, 11) is 0. The van der Waals surface area contributed by atoms with Gasteiger partial charge >= 0.3 is 0 Å². The van der Waals surface area contributed by atoms with Gasteiger partial charge < -0.3 is 5.11 Å². The Labute approximate surface area is 89.7 Å². The van der Waals surface area contributed by atoms with Crippen molar-refractivity contribution < 1.29 is 5.11 Å². The van der Waals surface area contributed by atoms with Crippen LogP contribution in [-0.4, -0.2) is 10.5 Å². The molecule has 0 bridgehead atoms. The number of rotatable bonds is 1. The van der Waals surface area contributed by atoms with Crippen LogP contribution in [0, 0.1) is 0 Å². The Kier molecular flexibility index (Phi) is 2.80. The summed E-state index contributed by atoms with van der Waals surface area (Å²) in [5.41, 5.74) is 0.154. The first-order valence-electron chi connectivity index (χ1n) is 5.15. The summed E-state index contributed by atoms with van der Waals surface area (Å²) in [6, 6.07) is 9.78. The number of halogens is 1. The molecule has 0 aromatic heterocycles. The number of aliphatic hydroxyl groups is 1. The lowest BCUT2D eigenvalue weighted by atomic mass is 9.79. The first kappa shape index (κ1) is 10.0. The van der Waals surface area contributed by atoms with E-state index in [0.29, 0.717) is 0 Å². The molecule has 0 amide bonds. The molecule has 2 rings (SSSR count). The molecule has 2 atom stereocenters. The Morgan fingerprint density at radius 1 is 1.21 bits per heavy atom. The van der Waals surface area contributed by atoms with E-state index in [0.717, 1.165) is 31.2 Å². The minimum absolute atomic E-state index is 0.140. The third kappa shape index (κ3) is 1.67. The van der Waals surface area contributed by atoms with Gasteiger partial charge in [-0.3, -0.25) is 0 Å². The summed E-state index contributed by atoms with van der Waals surface area (Å²) in [4.78, 5) is 0. The van der Waals surface area contributed by atoms with E-state index >= 15 is 0 Å². The second kappa shape index (κ2) is 3.92. The van der Waals surface area contributed by atoms with Crippen molar-refractivity contribution in [2.75, 3.05) is 0 Å². The average molecular weight is 211 g/mol. The molecule has 14 heavy (non-hydrogen) atoms. The highest BCUT2D eigenvalue weighted by Crippen LogP contribution is 2.40. The first-order valence-corrected chi connectivity index (χ1v) is 5.59. The lowest BCUT2D eigenvalue weighted by Gasteiger charge is -2.37. The molecule has 1 aromatic carbocycles. The Hall–Kier alpha value is -0.530. The fraction of sp³-hybridized carbons (Fsp3) is 0.500. The molecule has 0 spiro atoms. The molecule has 1 saturated carbocycles. The van der Waals surface area contributed by atoms with Gasteiger partial charge in [-0.2, -0.15) is 0 Å². The van der Waals surface area contributed by atoms with Crippen LogP contribution in [0.15, 0.2) is 30.3 Å². The maximum atomic E-state index is 10.5. The predicted molar refractivity (Wildman–Crippen MR) is 58.4 cm³/mol. The molecule has 1 nitrogen and oxygen atoms in total. The van der Waals surface area contributed by atoms with Gasteiger partial charge in [0.05, 0.1) is 5.38 Å². The van der Waals surface area contributed by atoms with Gasteiger partial charge in [-0.05, 0) is 18.4 Å². The molecule has 1 fully saturated rings. The molecular formula is C12H15ClO. The van der Waals surface area contributed by atoms with Crippen molar-refractivity contribution in [1.82, 2.24) is 0 Å². The van der Waals surface area contributed by atoms with Crippen molar-refractivity contribution >= 4 is 11.6 Å². The second-order valence-corrected chi connectivity index (χ2v) is 4.53. The summed E-state index contributed by atoms with van der Waals surface area (Å²) in [6.07, 6.45) is 3.88. The largest absolute Gasteiger partial charge is 0.384 e. The van der Waals surface area contributed by atoms with Crippen LogP contribution < -0.4 is 0 Å². The molecule has 0 heterocycles. The van der Waals surface area contributed by atoms with Crippen LogP contribution in [-0.2, 0) is 5.60 Å². The SMILES string of the molecule is O[C@@]1(c2ccccc2)CCCC[C@H]1Cl. The number of hydrogen-bond donors (Lipinski definition) is 1. The van der Waals surface area contributed by atoms with Gasteiger partial charge in [0.1, 0.15) is 5.60 Å². The van der Waals surface area contributed by atoms with Gasteiger partial charge in [0.25, 0.3) is 0 Å². The molecule has 0 saturated heterocycles. The van der Waals surface area contributed by atoms with E-state index in [1.165, 1.54) is 0 Å². The molecule has 0 aliphatic heterocycles. The Balaban J connectivity index is 2.30. The Morgan fingerprint density at radius 3 is 2.57 bits per heavy atom. The van der Waals surface area contributed by atoms with Crippen LogP contribution in [0.2, 0.25) is 0 Å². The molecular weight excluding hydrogens is 196 g/mol. The molecule has 2 heteroatoms. The van der Waals surface area contributed by atoms with Gasteiger partial charge in [0.2, 0.25) is 0 Å². The number of benzene rings is 1. The molecule has 0 unspecified atom stereocenters. The quantitative estimate of drug-likeness (QED) is 0.707. The van der Waals surface area contributed by atoms with Crippen molar-refractivity contribution in [3.05, 3.63) is 35.9 Å². The fourth-order valence-corrected chi connectivity index (χ4v) is 2.55. The molecule has 76 valence electrons. The molecule has 1 aromatic rings. The maximum absolute atomic E-state index is 10.5. The lowest BCUT2D eigenvalue weighted by molar-refractivity contribution is 0.00381. The summed E-state index contributed by atoms with van der Waals surface area (Å²) >= 11 is 6.21. The van der Waals surface area contributed by atoms with E-state index < -0.39 is 5.60 Å². The van der Waals surface area contributed by atoms with Crippen LogP contribution in [0.3, 0.4) is 0 Å². The van der Waals surface area contributed by atoms with E-state index in [2.05, 4.69) is 0 Å². The van der Waals surface area contributed by atoms with E-state index in [1.54, 1.807) is 0 Å². The Bertz CT molecular complexity index is 298. The smallest absolute Gasteiger partial charge is 0.106 e. The van der Waals surface area contributed by atoms with Crippen molar-refractivity contribution in [2.45, 2.75) is 36.7 Å². The normalized spacial score (nSPS) is 32.9. The zero-order valence-electron chi connectivity index (χ0n) is 8.12. The maximum Gasteiger partial charge on any atom is 0.106 e. The summed E-state index contributed by atoms with van der Waals surface area (Å²) < 4.78 is 0. The van der Waals surface area contributed by atoms with Gasteiger partial charge in [-0.1, -0.05) is 43.2 Å². The highest BCUT2D eigenvalue weighted by atomic mass is 35.5. The second-order valence-electron chi connectivity index (χ2n) is 4.00. The molecule has 1 aliphatic rings. The third-order valence-corrected chi connectivity index (χ3v) is 3.64. The first-order chi connectivity index (χ1) is 6.73. The summed E-state index contributed by atoms with van der Waals surface area (Å²) in [5, 5.41) is 10.3. The highest BCUT2D eigenvalue weighted by molar-refractivity contribution is 6.21. The fourth-order valence-electron chi connectivity index (χ4n) is 2.17. The van der Waals surface area contributed by atoms with Crippen molar-refractivity contribution in [3.8, 4) is 0 Å². The number of hydrogen-bond acceptors (Lipinski definition) is 1. The van der Waals surface area contributed by atoms with Crippen molar-refractivity contribution in [3.63, 3.8) is 0 Å². The van der Waals surface area contributed by atoms with Crippen molar-refractivity contribution in [1.29, 1.82) is 0 Å². The monoisotopic (exact) mass is 210 g/mol. The topological polar surface area (TPSA) is 20.2 Å². The van der Waals surface area contributed by atoms with E-state index in [1.807, 2.05) is 30.3 Å². The van der Waals surface area contributed by atoms with Crippen LogP contribution in [0.25, 0.3) is 0 Å². The number of alkyl halides is 1. The lowest BCUT2D eigenvalue weighted by Crippen LogP contribution is -2.38. The van der Waals surface area contributed by atoms with Gasteiger partial charge in [-0.25, -0.2) is 0 Å². The molecule has 0 radical (unpaired) electrons. The van der Waals surface area contributed by atoms with E-state index in [-0.39, 0.29) is 5.38 Å². The van der Waals surface area contributed by atoms with Crippen LogP contribution in [0.1, 0.15) is 31.2 Å². The summed E-state index contributed by atoms with van der Waals surface area (Å²) in [5.74, 6) is 0. The van der Waals surface area contributed by atoms with Gasteiger partial charge in [0, 0.05) is 0 Å². The van der Waals surface area contributed by atoms with Gasteiger partial charge in [0.15, 0.2) is 0 Å². The molecule has 1 aliphatic carbocycles. The van der Waals surface area contributed by atoms with Crippen LogP contribution >= 0.6 is 11.6 Å². The van der Waals surface area contributed by atoms with Crippen LogP contribution in [0.5, 0.6) is 0 Å². The standard InChI is InChI=1S/C12H15ClO/c13-11-8-4-5-9-12(11,14)10-6-2-1-3-7-10/h1-3,6-7,11,14H,4-5,8-9H2/t11-,12-/m1/s1. The van der Waals surface area contributed by atoms with Crippen molar-refractivity contribution in [2.24, 2.45) is 0 Å². The van der Waals surface area contributed by atoms with E-state index in [9.17, 15) is 5.11 Å². The zero-order chi connectivity index (χ0) is 10.0. The van der Waals surface area contributed by atoms with Crippen LogP contribution in [0.4, 0.5) is 0 Å². The van der Waals surface area contributed by atoms with Gasteiger partial charge in [-0.15, -0.1) is 11.6 Å². The highest BCUT2D eigenvalue weighted by Gasteiger charge is 2.38. The Morgan fingerprint density at radius 2 is 1.93 bits per heavy atom. The molecule has 1 N–H and O–H groups in total. The zero-order valence-corrected chi connectivity index (χ0v) is 8.87. The average Bonchev–Trinajstić information content (AvgIpc) is 2.24. The minimum Gasteiger partial charge on any atom is -0.384 e. The third-order valence-electron chi connectivity index (χ3n) is 3.06. The summed E-state index contributed by atoms with van der Waals surface area (Å²) in [6.45, 7) is 0. The minimum atomic E-state index is -0.804.